The molecule has 2 heterocycles. The smallest absolute Gasteiger partial charge is 0.132 e. The van der Waals surface area contributed by atoms with E-state index in [0.717, 1.165) is 56.5 Å². The number of nitrogens with zero attached hydrogens (tertiary/aromatic N) is 2. The number of aryl methyl sites for hydroxylation is 2. The van der Waals surface area contributed by atoms with Gasteiger partial charge in [0.2, 0.25) is 0 Å². The lowest BCUT2D eigenvalue weighted by atomic mass is 9.65. The first-order chi connectivity index (χ1) is 27.6. The first kappa shape index (κ1) is 31.3. The Kier molecular flexibility index (Phi) is 6.40. The van der Waals surface area contributed by atoms with E-state index in [4.69, 9.17) is 9.72 Å². The maximum atomic E-state index is 6.89. The Morgan fingerprint density at radius 1 is 0.393 bits per heavy atom. The molecular weight excluding hydrogens is 681 g/mol. The Morgan fingerprint density at radius 2 is 0.946 bits per heavy atom. The van der Waals surface area contributed by atoms with Crippen LogP contribution in [0.3, 0.4) is 0 Å². The van der Waals surface area contributed by atoms with Crippen molar-refractivity contribution in [2.45, 2.75) is 19.3 Å². The van der Waals surface area contributed by atoms with Crippen LogP contribution in [0.5, 0.6) is 11.5 Å². The topological polar surface area (TPSA) is 35.0 Å². The second kappa shape index (κ2) is 11.5. The van der Waals surface area contributed by atoms with Gasteiger partial charge in [0.1, 0.15) is 17.3 Å². The van der Waals surface area contributed by atoms with Crippen molar-refractivity contribution in [3.8, 4) is 78.4 Å². The highest BCUT2D eigenvalue weighted by Gasteiger charge is 2.51. The lowest BCUT2D eigenvalue weighted by Gasteiger charge is -2.40. The first-order valence-electron chi connectivity index (χ1n) is 19.3. The molecule has 1 spiro atoms. The SMILES string of the molecule is Cc1cc(-c2ccc3c(c2)C2(c4cc(-c5cccc(-c6ccc7c8c(cccc68)-c6ccccc6-7)c5)ccc4O3)c3ccccc3-c3ccccc32)nc(C)n1. The fourth-order valence-electron chi connectivity index (χ4n) is 10.0. The molecule has 0 amide bonds. The predicted octanol–water partition coefficient (Wildman–Crippen LogP) is 13.4. The quantitative estimate of drug-likeness (QED) is 0.183. The molecule has 8 aromatic carbocycles. The summed E-state index contributed by atoms with van der Waals surface area (Å²) in [4.78, 5) is 9.45. The molecule has 12 rings (SSSR count). The Bertz CT molecular complexity index is 3060. The highest BCUT2D eigenvalue weighted by atomic mass is 16.5. The molecule has 0 radical (unpaired) electrons. The van der Waals surface area contributed by atoms with Crippen LogP contribution >= 0.6 is 0 Å². The van der Waals surface area contributed by atoms with Crippen LogP contribution in [0.1, 0.15) is 33.8 Å². The summed E-state index contributed by atoms with van der Waals surface area (Å²) in [6, 6.07) is 62.4. The second-order valence-electron chi connectivity index (χ2n) is 15.3. The Hall–Kier alpha value is -7.10. The summed E-state index contributed by atoms with van der Waals surface area (Å²) >= 11 is 0. The number of rotatable bonds is 3. The molecule has 262 valence electrons. The van der Waals surface area contributed by atoms with Crippen molar-refractivity contribution in [1.82, 2.24) is 9.97 Å². The van der Waals surface area contributed by atoms with E-state index in [9.17, 15) is 0 Å². The van der Waals surface area contributed by atoms with Crippen molar-refractivity contribution in [1.29, 1.82) is 0 Å². The monoisotopic (exact) mass is 714 g/mol. The van der Waals surface area contributed by atoms with Gasteiger partial charge in [0, 0.05) is 22.4 Å². The predicted molar refractivity (Wildman–Crippen MR) is 227 cm³/mol. The fraction of sp³-hybridized carbons (Fsp3) is 0.0566. The van der Waals surface area contributed by atoms with Gasteiger partial charge in [-0.25, -0.2) is 9.97 Å². The van der Waals surface area contributed by atoms with Crippen LogP contribution < -0.4 is 4.74 Å². The number of fused-ring (bicyclic) bond motifs is 12. The van der Waals surface area contributed by atoms with E-state index in [1.807, 2.05) is 13.8 Å². The third kappa shape index (κ3) is 4.23. The molecule has 3 nitrogen and oxygen atoms in total. The van der Waals surface area contributed by atoms with E-state index in [2.05, 4.69) is 175 Å². The van der Waals surface area contributed by atoms with Crippen LogP contribution in [0.15, 0.2) is 170 Å². The van der Waals surface area contributed by atoms with Crippen LogP contribution in [-0.4, -0.2) is 9.97 Å². The molecule has 0 atom stereocenters. The minimum atomic E-state index is -0.608. The summed E-state index contributed by atoms with van der Waals surface area (Å²) in [5.74, 6) is 2.50. The largest absolute Gasteiger partial charge is 0.457 e. The van der Waals surface area contributed by atoms with E-state index in [-0.39, 0.29) is 0 Å². The van der Waals surface area contributed by atoms with Crippen molar-refractivity contribution in [3.63, 3.8) is 0 Å². The fourth-order valence-corrected chi connectivity index (χ4v) is 10.0. The second-order valence-corrected chi connectivity index (χ2v) is 15.3. The minimum absolute atomic E-state index is 0.608. The third-order valence-corrected chi connectivity index (χ3v) is 12.3. The van der Waals surface area contributed by atoms with Crippen molar-refractivity contribution < 1.29 is 4.74 Å². The van der Waals surface area contributed by atoms with Gasteiger partial charge in [-0.15, -0.1) is 0 Å². The van der Waals surface area contributed by atoms with Gasteiger partial charge < -0.3 is 4.74 Å². The van der Waals surface area contributed by atoms with Crippen molar-refractivity contribution in [3.05, 3.63) is 204 Å². The molecule has 1 aromatic heterocycles. The van der Waals surface area contributed by atoms with Crippen molar-refractivity contribution in [2.75, 3.05) is 0 Å². The number of hydrogen-bond acceptors (Lipinski definition) is 3. The standard InChI is InChI=1S/C53H34N2O/c1-31-27-49(55-32(2)54-31)36-22-26-51-48(30-36)53(45-19-7-5-15-40(45)41-16-6-8-20-46(41)53)47-29-34(21-25-50(47)56-51)33-11-9-12-35(28-33)37-23-24-44-39-14-4-3-13-38(39)43-18-10-17-42(37)52(43)44/h3-30H,1-2H3. The van der Waals surface area contributed by atoms with E-state index < -0.39 is 5.41 Å². The number of aromatic nitrogens is 2. The number of hydrogen-bond donors (Lipinski definition) is 0. The molecule has 0 fully saturated rings. The molecule has 9 aromatic rings. The van der Waals surface area contributed by atoms with Crippen LogP contribution in [0, 0.1) is 13.8 Å². The zero-order valence-electron chi connectivity index (χ0n) is 31.0. The maximum absolute atomic E-state index is 6.89. The zero-order chi connectivity index (χ0) is 37.1. The maximum Gasteiger partial charge on any atom is 0.132 e. The summed E-state index contributed by atoms with van der Waals surface area (Å²) in [6.45, 7) is 3.99. The molecule has 0 N–H and O–H groups in total. The number of benzene rings is 8. The van der Waals surface area contributed by atoms with E-state index in [1.54, 1.807) is 0 Å². The average molecular weight is 715 g/mol. The van der Waals surface area contributed by atoms with Gasteiger partial charge in [-0.2, -0.15) is 0 Å². The van der Waals surface area contributed by atoms with Gasteiger partial charge in [-0.1, -0.05) is 127 Å². The Labute approximate surface area is 325 Å². The highest BCUT2D eigenvalue weighted by molar-refractivity contribution is 6.18. The lowest BCUT2D eigenvalue weighted by molar-refractivity contribution is 0.436. The molecule has 0 unspecified atom stereocenters. The van der Waals surface area contributed by atoms with Crippen molar-refractivity contribution >= 4 is 10.8 Å². The molecule has 56 heavy (non-hydrogen) atoms. The van der Waals surface area contributed by atoms with Crippen LogP contribution in [0.4, 0.5) is 0 Å². The molecule has 0 saturated heterocycles. The van der Waals surface area contributed by atoms with Crippen molar-refractivity contribution in [2.24, 2.45) is 0 Å². The minimum Gasteiger partial charge on any atom is -0.457 e. The van der Waals surface area contributed by atoms with Crippen LogP contribution in [0.25, 0.3) is 77.7 Å². The van der Waals surface area contributed by atoms with E-state index in [1.165, 1.54) is 66.4 Å². The molecule has 2 aliphatic carbocycles. The normalized spacial score (nSPS) is 13.5. The molecule has 0 saturated carbocycles. The Balaban J connectivity index is 1.06. The zero-order valence-corrected chi connectivity index (χ0v) is 31.0. The molecule has 1 aliphatic heterocycles. The highest BCUT2D eigenvalue weighted by Crippen LogP contribution is 2.63. The van der Waals surface area contributed by atoms with Gasteiger partial charge in [0.05, 0.1) is 11.1 Å². The summed E-state index contributed by atoms with van der Waals surface area (Å²) in [5, 5.41) is 2.63. The molecule has 3 heteroatoms. The molecular formula is C53H34N2O. The summed E-state index contributed by atoms with van der Waals surface area (Å²) in [6.07, 6.45) is 0. The van der Waals surface area contributed by atoms with Gasteiger partial charge in [0.25, 0.3) is 0 Å². The van der Waals surface area contributed by atoms with Gasteiger partial charge in [0.15, 0.2) is 0 Å². The van der Waals surface area contributed by atoms with Gasteiger partial charge in [-0.3, -0.25) is 0 Å². The van der Waals surface area contributed by atoms with Crippen LogP contribution in [0.2, 0.25) is 0 Å². The summed E-state index contributed by atoms with van der Waals surface area (Å²) in [5.41, 5.74) is 19.6. The van der Waals surface area contributed by atoms with Crippen LogP contribution in [-0.2, 0) is 5.41 Å². The Morgan fingerprint density at radius 3 is 1.66 bits per heavy atom. The summed E-state index contributed by atoms with van der Waals surface area (Å²) < 4.78 is 6.89. The lowest BCUT2D eigenvalue weighted by Crippen LogP contribution is -2.32. The van der Waals surface area contributed by atoms with Gasteiger partial charge in [-0.05, 0) is 134 Å². The summed E-state index contributed by atoms with van der Waals surface area (Å²) in [7, 11) is 0. The number of ether oxygens (including phenoxy) is 1. The average Bonchev–Trinajstić information content (AvgIpc) is 3.72. The third-order valence-electron chi connectivity index (χ3n) is 12.3. The molecule has 0 bridgehead atoms. The van der Waals surface area contributed by atoms with E-state index >= 15 is 0 Å². The molecule has 3 aliphatic rings. The first-order valence-corrected chi connectivity index (χ1v) is 19.3. The van der Waals surface area contributed by atoms with Gasteiger partial charge >= 0.3 is 0 Å². The van der Waals surface area contributed by atoms with E-state index in [0.29, 0.717) is 0 Å².